The number of nitrogens with zero attached hydrogens (tertiary/aromatic N) is 5. The first-order valence-corrected chi connectivity index (χ1v) is 11.4. The van der Waals surface area contributed by atoms with Gasteiger partial charge in [0.05, 0.1) is 21.3 Å². The van der Waals surface area contributed by atoms with E-state index < -0.39 is 0 Å². The maximum atomic E-state index is 12.3. The van der Waals surface area contributed by atoms with Gasteiger partial charge in [-0.05, 0) is 39.2 Å². The number of thiazole rings is 1. The van der Waals surface area contributed by atoms with Gasteiger partial charge in [-0.25, -0.2) is 15.0 Å². The summed E-state index contributed by atoms with van der Waals surface area (Å²) >= 11 is 1.64. The van der Waals surface area contributed by atoms with Crippen LogP contribution in [0.4, 0.5) is 5.95 Å². The van der Waals surface area contributed by atoms with Gasteiger partial charge < -0.3 is 15.1 Å². The zero-order valence-electron chi connectivity index (χ0n) is 17.6. The Morgan fingerprint density at radius 1 is 1.30 bits per heavy atom. The topological polar surface area (TPSA) is 91.3 Å². The van der Waals surface area contributed by atoms with Crippen molar-refractivity contribution in [1.29, 1.82) is 0 Å². The number of aromatic nitrogens is 3. The molecule has 160 valence electrons. The van der Waals surface area contributed by atoms with Crippen LogP contribution in [-0.4, -0.2) is 63.9 Å². The van der Waals surface area contributed by atoms with Crippen molar-refractivity contribution in [2.24, 2.45) is 0 Å². The van der Waals surface area contributed by atoms with Gasteiger partial charge in [-0.2, -0.15) is 0 Å². The van der Waals surface area contributed by atoms with E-state index in [1.165, 1.54) is 0 Å². The average Bonchev–Trinajstić information content (AvgIpc) is 3.43. The van der Waals surface area contributed by atoms with Crippen molar-refractivity contribution in [3.05, 3.63) is 23.0 Å². The lowest BCUT2D eigenvalue weighted by Crippen LogP contribution is -2.37. The minimum atomic E-state index is 0.0546. The molecule has 2 aliphatic rings. The van der Waals surface area contributed by atoms with Gasteiger partial charge >= 0.3 is 0 Å². The van der Waals surface area contributed by atoms with Crippen molar-refractivity contribution in [2.45, 2.75) is 52.0 Å². The van der Waals surface area contributed by atoms with Gasteiger partial charge in [-0.3, -0.25) is 9.59 Å². The average molecular weight is 429 g/mol. The second-order valence-corrected chi connectivity index (χ2v) is 9.18. The van der Waals surface area contributed by atoms with Gasteiger partial charge in [-0.15, -0.1) is 11.3 Å². The van der Waals surface area contributed by atoms with E-state index in [0.717, 1.165) is 47.2 Å². The molecule has 2 aromatic heterocycles. The Labute approximate surface area is 180 Å². The van der Waals surface area contributed by atoms with Gasteiger partial charge in [0.1, 0.15) is 0 Å². The number of anilines is 1. The number of likely N-dealkylation sites (tertiary alicyclic amines) is 1. The summed E-state index contributed by atoms with van der Waals surface area (Å²) in [5.41, 5.74) is 1.89. The van der Waals surface area contributed by atoms with Crippen LogP contribution in [0.1, 0.15) is 42.8 Å². The Bertz CT molecular complexity index is 930. The normalized spacial score (nSPS) is 19.0. The first-order valence-electron chi connectivity index (χ1n) is 10.6. The van der Waals surface area contributed by atoms with E-state index >= 15 is 0 Å². The standard InChI is InChI=1S/C21H28N6O2S/c1-14-20(30-15(2)23-14)17-7-9-22-21(25-17)27-12-8-16(13-27)24-18(28)5-3-10-26-11-4-6-19(26)29/h7,9,16H,3-6,8,10-13H2,1-2H3,(H,24,28). The Balaban J connectivity index is 1.28. The Morgan fingerprint density at radius 3 is 2.90 bits per heavy atom. The van der Waals surface area contributed by atoms with Gasteiger partial charge in [0.25, 0.3) is 0 Å². The molecule has 1 N–H and O–H groups in total. The highest BCUT2D eigenvalue weighted by atomic mass is 32.1. The molecule has 0 aliphatic carbocycles. The fraction of sp³-hybridized carbons (Fsp3) is 0.571. The molecular weight excluding hydrogens is 400 g/mol. The Kier molecular flexibility index (Phi) is 6.26. The Morgan fingerprint density at radius 2 is 2.17 bits per heavy atom. The monoisotopic (exact) mass is 428 g/mol. The maximum absolute atomic E-state index is 12.3. The van der Waals surface area contributed by atoms with E-state index in [1.54, 1.807) is 17.5 Å². The van der Waals surface area contributed by atoms with Crippen LogP contribution in [0.5, 0.6) is 0 Å². The summed E-state index contributed by atoms with van der Waals surface area (Å²) in [5.74, 6) is 0.967. The molecule has 0 aromatic carbocycles. The van der Waals surface area contributed by atoms with Crippen molar-refractivity contribution in [2.75, 3.05) is 31.1 Å². The fourth-order valence-corrected chi connectivity index (χ4v) is 5.02. The number of carbonyl (C=O) groups excluding carboxylic acids is 2. The molecule has 1 unspecified atom stereocenters. The van der Waals surface area contributed by atoms with Gasteiger partial charge in [0, 0.05) is 51.3 Å². The first kappa shape index (κ1) is 20.7. The number of nitrogens with one attached hydrogen (secondary N) is 1. The third kappa shape index (κ3) is 4.77. The fourth-order valence-electron chi connectivity index (χ4n) is 4.13. The molecule has 4 heterocycles. The van der Waals surface area contributed by atoms with Crippen LogP contribution in [0.25, 0.3) is 10.6 Å². The van der Waals surface area contributed by atoms with Crippen molar-refractivity contribution >= 4 is 29.1 Å². The molecule has 2 fully saturated rings. The summed E-state index contributed by atoms with van der Waals surface area (Å²) in [6, 6.07) is 2.02. The minimum absolute atomic E-state index is 0.0546. The van der Waals surface area contributed by atoms with E-state index in [0.29, 0.717) is 38.3 Å². The van der Waals surface area contributed by atoms with E-state index in [2.05, 4.69) is 20.2 Å². The van der Waals surface area contributed by atoms with E-state index in [9.17, 15) is 9.59 Å². The van der Waals surface area contributed by atoms with Crippen LogP contribution in [0.2, 0.25) is 0 Å². The lowest BCUT2D eigenvalue weighted by molar-refractivity contribution is -0.128. The molecule has 0 radical (unpaired) electrons. The molecule has 9 heteroatoms. The molecule has 8 nitrogen and oxygen atoms in total. The largest absolute Gasteiger partial charge is 0.352 e. The minimum Gasteiger partial charge on any atom is -0.352 e. The lowest BCUT2D eigenvalue weighted by Gasteiger charge is -2.18. The third-order valence-corrected chi connectivity index (χ3v) is 6.71. The smallest absolute Gasteiger partial charge is 0.225 e. The molecule has 0 spiro atoms. The van der Waals surface area contributed by atoms with Crippen LogP contribution in [0.3, 0.4) is 0 Å². The summed E-state index contributed by atoms with van der Waals surface area (Å²) in [5, 5.41) is 4.15. The van der Waals surface area contributed by atoms with Crippen LogP contribution in [0.15, 0.2) is 12.3 Å². The first-order chi connectivity index (χ1) is 14.5. The van der Waals surface area contributed by atoms with Crippen molar-refractivity contribution in [3.8, 4) is 10.6 Å². The predicted octanol–water partition coefficient (Wildman–Crippen LogP) is 2.31. The second kappa shape index (κ2) is 9.07. The quantitative estimate of drug-likeness (QED) is 0.728. The molecule has 2 saturated heterocycles. The van der Waals surface area contributed by atoms with Crippen LogP contribution < -0.4 is 10.2 Å². The number of amides is 2. The zero-order valence-corrected chi connectivity index (χ0v) is 18.4. The molecule has 2 aliphatic heterocycles. The summed E-state index contributed by atoms with van der Waals surface area (Å²) in [7, 11) is 0. The van der Waals surface area contributed by atoms with Crippen LogP contribution in [0, 0.1) is 13.8 Å². The number of hydrogen-bond acceptors (Lipinski definition) is 7. The van der Waals surface area contributed by atoms with Crippen molar-refractivity contribution in [3.63, 3.8) is 0 Å². The van der Waals surface area contributed by atoms with Crippen LogP contribution >= 0.6 is 11.3 Å². The number of carbonyl (C=O) groups is 2. The highest BCUT2D eigenvalue weighted by Gasteiger charge is 2.26. The molecule has 0 saturated carbocycles. The SMILES string of the molecule is Cc1nc(C)c(-c2ccnc(N3CCC(NC(=O)CCCN4CCCC4=O)C3)n2)s1. The molecule has 0 bridgehead atoms. The summed E-state index contributed by atoms with van der Waals surface area (Å²) in [6.45, 7) is 7.04. The van der Waals surface area contributed by atoms with Gasteiger partial charge in [0.15, 0.2) is 0 Å². The predicted molar refractivity (Wildman–Crippen MR) is 116 cm³/mol. The molecule has 30 heavy (non-hydrogen) atoms. The molecule has 1 atom stereocenters. The number of rotatable bonds is 7. The molecule has 4 rings (SSSR count). The van der Waals surface area contributed by atoms with Gasteiger partial charge in [-0.1, -0.05) is 0 Å². The van der Waals surface area contributed by atoms with Crippen molar-refractivity contribution < 1.29 is 9.59 Å². The highest BCUT2D eigenvalue weighted by Crippen LogP contribution is 2.29. The third-order valence-electron chi connectivity index (χ3n) is 5.62. The van der Waals surface area contributed by atoms with Gasteiger partial charge in [0.2, 0.25) is 17.8 Å². The molecular formula is C21H28N6O2S. The summed E-state index contributed by atoms with van der Waals surface area (Å²) in [4.78, 5) is 42.7. The molecule has 2 amide bonds. The molecule has 2 aromatic rings. The zero-order chi connectivity index (χ0) is 21.1. The number of hydrogen-bond donors (Lipinski definition) is 1. The second-order valence-electron chi connectivity index (χ2n) is 7.98. The Hall–Kier alpha value is -2.55. The van der Waals surface area contributed by atoms with E-state index in [4.69, 9.17) is 4.98 Å². The van der Waals surface area contributed by atoms with E-state index in [-0.39, 0.29) is 17.9 Å². The van der Waals surface area contributed by atoms with E-state index in [1.807, 2.05) is 24.8 Å². The number of aryl methyl sites for hydroxylation is 2. The maximum Gasteiger partial charge on any atom is 0.225 e. The highest BCUT2D eigenvalue weighted by molar-refractivity contribution is 7.15. The summed E-state index contributed by atoms with van der Waals surface area (Å²) < 4.78 is 0. The van der Waals surface area contributed by atoms with Crippen molar-refractivity contribution in [1.82, 2.24) is 25.2 Å². The summed E-state index contributed by atoms with van der Waals surface area (Å²) in [6.07, 6.45) is 5.42. The lowest BCUT2D eigenvalue weighted by atomic mass is 10.2. The van der Waals surface area contributed by atoms with Crippen LogP contribution in [-0.2, 0) is 9.59 Å².